The first kappa shape index (κ1) is 12.4. The Balaban J connectivity index is 2.04. The van der Waals surface area contributed by atoms with Gasteiger partial charge in [0.2, 0.25) is 0 Å². The van der Waals surface area contributed by atoms with Crippen molar-refractivity contribution < 1.29 is 9.21 Å². The van der Waals surface area contributed by atoms with E-state index in [1.54, 1.807) is 6.07 Å². The van der Waals surface area contributed by atoms with Crippen molar-refractivity contribution in [2.24, 2.45) is 0 Å². The summed E-state index contributed by atoms with van der Waals surface area (Å²) in [5.41, 5.74) is 0.664. The van der Waals surface area contributed by atoms with Gasteiger partial charge in [0, 0.05) is 5.38 Å². The maximum atomic E-state index is 11.9. The standard InChI is InChI=1S/C12H12BrNO2S/c1-7-3-4-10(16-7)8(2)14-12(15)9-5-11(13)17-6-9/h3-6,8H,1-2H3,(H,14,15). The molecule has 17 heavy (non-hydrogen) atoms. The van der Waals surface area contributed by atoms with E-state index >= 15 is 0 Å². The third-order valence-corrected chi connectivity index (χ3v) is 3.87. The van der Waals surface area contributed by atoms with E-state index in [2.05, 4.69) is 21.2 Å². The molecule has 0 aliphatic heterocycles. The second-order valence-corrected chi connectivity index (χ2v) is 6.07. The highest BCUT2D eigenvalue weighted by Gasteiger charge is 2.14. The number of halogens is 1. The third-order valence-electron chi connectivity index (χ3n) is 2.37. The van der Waals surface area contributed by atoms with Crippen molar-refractivity contribution in [1.29, 1.82) is 0 Å². The Bertz CT molecular complexity index is 532. The molecule has 2 aromatic rings. The van der Waals surface area contributed by atoms with Crippen molar-refractivity contribution >= 4 is 33.2 Å². The number of hydrogen-bond donors (Lipinski definition) is 1. The van der Waals surface area contributed by atoms with Crippen molar-refractivity contribution in [1.82, 2.24) is 5.32 Å². The molecule has 5 heteroatoms. The predicted octanol–water partition coefficient (Wildman–Crippen LogP) is 3.90. The Kier molecular flexibility index (Phi) is 3.69. The summed E-state index contributed by atoms with van der Waals surface area (Å²) in [5.74, 6) is 1.53. The number of rotatable bonds is 3. The van der Waals surface area contributed by atoms with Gasteiger partial charge in [-0.1, -0.05) is 0 Å². The molecule has 1 N–H and O–H groups in total. The summed E-state index contributed by atoms with van der Waals surface area (Å²) in [6.45, 7) is 3.78. The van der Waals surface area contributed by atoms with Crippen LogP contribution in [-0.2, 0) is 0 Å². The summed E-state index contributed by atoms with van der Waals surface area (Å²) in [6.07, 6.45) is 0. The Morgan fingerprint density at radius 3 is 2.82 bits per heavy atom. The molecular formula is C12H12BrNO2S. The van der Waals surface area contributed by atoms with Crippen LogP contribution in [0.4, 0.5) is 0 Å². The molecule has 0 aliphatic rings. The van der Waals surface area contributed by atoms with Crippen molar-refractivity contribution in [3.05, 3.63) is 44.4 Å². The normalized spacial score (nSPS) is 12.4. The summed E-state index contributed by atoms with van der Waals surface area (Å²) in [4.78, 5) is 11.9. The van der Waals surface area contributed by atoms with Crippen molar-refractivity contribution in [3.8, 4) is 0 Å². The minimum absolute atomic E-state index is 0.0893. The number of furan rings is 1. The van der Waals surface area contributed by atoms with E-state index in [-0.39, 0.29) is 11.9 Å². The number of thiophene rings is 1. The average molecular weight is 314 g/mol. The predicted molar refractivity (Wildman–Crippen MR) is 71.3 cm³/mol. The number of carbonyl (C=O) groups is 1. The Morgan fingerprint density at radius 2 is 2.29 bits per heavy atom. The molecular weight excluding hydrogens is 302 g/mol. The Morgan fingerprint density at radius 1 is 1.53 bits per heavy atom. The lowest BCUT2D eigenvalue weighted by Crippen LogP contribution is -2.25. The zero-order valence-corrected chi connectivity index (χ0v) is 11.9. The molecule has 0 fully saturated rings. The van der Waals surface area contributed by atoms with Gasteiger partial charge in [-0.25, -0.2) is 0 Å². The van der Waals surface area contributed by atoms with Gasteiger partial charge in [-0.15, -0.1) is 11.3 Å². The van der Waals surface area contributed by atoms with Gasteiger partial charge in [-0.2, -0.15) is 0 Å². The molecule has 2 aromatic heterocycles. The summed E-state index contributed by atoms with van der Waals surface area (Å²) in [6, 6.07) is 5.44. The van der Waals surface area contributed by atoms with E-state index in [1.807, 2.05) is 31.4 Å². The topological polar surface area (TPSA) is 42.2 Å². The number of nitrogens with one attached hydrogen (secondary N) is 1. The van der Waals surface area contributed by atoms with Crippen LogP contribution in [0.2, 0.25) is 0 Å². The Hall–Kier alpha value is -1.07. The van der Waals surface area contributed by atoms with Crippen LogP contribution in [0.5, 0.6) is 0 Å². The first-order chi connectivity index (χ1) is 8.06. The fourth-order valence-electron chi connectivity index (χ4n) is 1.47. The highest BCUT2D eigenvalue weighted by molar-refractivity contribution is 9.11. The van der Waals surface area contributed by atoms with Crippen molar-refractivity contribution in [2.45, 2.75) is 19.9 Å². The third kappa shape index (κ3) is 2.98. The SMILES string of the molecule is Cc1ccc(C(C)NC(=O)c2csc(Br)c2)o1. The number of amides is 1. The van der Waals surface area contributed by atoms with Gasteiger partial charge in [0.25, 0.3) is 5.91 Å². The second-order valence-electron chi connectivity index (χ2n) is 3.78. The van der Waals surface area contributed by atoms with Crippen LogP contribution < -0.4 is 5.32 Å². The van der Waals surface area contributed by atoms with E-state index in [0.29, 0.717) is 5.56 Å². The van der Waals surface area contributed by atoms with Gasteiger partial charge in [0.15, 0.2) is 0 Å². The summed E-state index contributed by atoms with van der Waals surface area (Å²) < 4.78 is 6.41. The zero-order valence-electron chi connectivity index (χ0n) is 9.49. The van der Waals surface area contributed by atoms with Gasteiger partial charge in [-0.05, 0) is 48.0 Å². The molecule has 3 nitrogen and oxygen atoms in total. The molecule has 2 rings (SSSR count). The molecule has 1 unspecified atom stereocenters. The fourth-order valence-corrected chi connectivity index (χ4v) is 2.60. The summed E-state index contributed by atoms with van der Waals surface area (Å²) in [7, 11) is 0. The maximum absolute atomic E-state index is 11.9. The van der Waals surface area contributed by atoms with E-state index in [9.17, 15) is 4.79 Å². The zero-order chi connectivity index (χ0) is 12.4. The van der Waals surface area contributed by atoms with Gasteiger partial charge >= 0.3 is 0 Å². The van der Waals surface area contributed by atoms with E-state index in [4.69, 9.17) is 4.42 Å². The van der Waals surface area contributed by atoms with Crippen molar-refractivity contribution in [2.75, 3.05) is 0 Å². The number of hydrogen-bond acceptors (Lipinski definition) is 3. The molecule has 90 valence electrons. The molecule has 0 spiro atoms. The van der Waals surface area contributed by atoms with Crippen LogP contribution >= 0.6 is 27.3 Å². The second kappa shape index (κ2) is 5.06. The fraction of sp³-hybridized carbons (Fsp3) is 0.250. The molecule has 1 atom stereocenters. The Labute approximate surface area is 112 Å². The van der Waals surface area contributed by atoms with Crippen LogP contribution in [0.3, 0.4) is 0 Å². The molecule has 0 saturated carbocycles. The van der Waals surface area contributed by atoms with Crippen molar-refractivity contribution in [3.63, 3.8) is 0 Å². The minimum Gasteiger partial charge on any atom is -0.464 e. The highest BCUT2D eigenvalue weighted by Crippen LogP contribution is 2.22. The van der Waals surface area contributed by atoms with Crippen LogP contribution in [0.25, 0.3) is 0 Å². The molecule has 0 aliphatic carbocycles. The highest BCUT2D eigenvalue weighted by atomic mass is 79.9. The van der Waals surface area contributed by atoms with E-state index in [1.165, 1.54) is 11.3 Å². The molecule has 2 heterocycles. The molecule has 0 saturated heterocycles. The van der Waals surface area contributed by atoms with Gasteiger partial charge in [-0.3, -0.25) is 4.79 Å². The van der Waals surface area contributed by atoms with E-state index in [0.717, 1.165) is 15.3 Å². The van der Waals surface area contributed by atoms with Gasteiger partial charge < -0.3 is 9.73 Å². The van der Waals surface area contributed by atoms with Gasteiger partial charge in [0.1, 0.15) is 11.5 Å². The van der Waals surface area contributed by atoms with Gasteiger partial charge in [0.05, 0.1) is 15.4 Å². The lowest BCUT2D eigenvalue weighted by atomic mass is 10.2. The first-order valence-corrected chi connectivity index (χ1v) is 6.85. The lowest BCUT2D eigenvalue weighted by Gasteiger charge is -2.10. The average Bonchev–Trinajstić information content (AvgIpc) is 2.87. The summed E-state index contributed by atoms with van der Waals surface area (Å²) >= 11 is 4.83. The van der Waals surface area contributed by atoms with Crippen LogP contribution in [0.15, 0.2) is 31.8 Å². The molecule has 0 aromatic carbocycles. The van der Waals surface area contributed by atoms with Crippen LogP contribution in [-0.4, -0.2) is 5.91 Å². The van der Waals surface area contributed by atoms with Crippen LogP contribution in [0.1, 0.15) is 34.8 Å². The quantitative estimate of drug-likeness (QED) is 0.933. The maximum Gasteiger partial charge on any atom is 0.252 e. The lowest BCUT2D eigenvalue weighted by molar-refractivity contribution is 0.0935. The smallest absolute Gasteiger partial charge is 0.252 e. The number of aryl methyl sites for hydroxylation is 1. The molecule has 0 radical (unpaired) electrons. The summed E-state index contributed by atoms with van der Waals surface area (Å²) in [5, 5.41) is 4.71. The largest absolute Gasteiger partial charge is 0.464 e. The molecule has 1 amide bonds. The number of carbonyl (C=O) groups excluding carboxylic acids is 1. The van der Waals surface area contributed by atoms with E-state index < -0.39 is 0 Å². The van der Waals surface area contributed by atoms with Crippen LogP contribution in [0, 0.1) is 6.92 Å². The first-order valence-electron chi connectivity index (χ1n) is 5.17. The monoisotopic (exact) mass is 313 g/mol. The minimum atomic E-state index is -0.130. The molecule has 0 bridgehead atoms.